The maximum atomic E-state index is 14.2. The van der Waals surface area contributed by atoms with Crippen molar-refractivity contribution in [1.82, 2.24) is 9.80 Å². The summed E-state index contributed by atoms with van der Waals surface area (Å²) in [5.41, 5.74) is -2.48. The zero-order valence-electron chi connectivity index (χ0n) is 27.0. The van der Waals surface area contributed by atoms with Gasteiger partial charge in [-0.15, -0.1) is 0 Å². The number of fused-ring (bicyclic) bond motifs is 1. The third-order valence-corrected chi connectivity index (χ3v) is 5.83. The lowest BCUT2D eigenvalue weighted by molar-refractivity contribution is -0.153. The molecule has 11 heteroatoms. The summed E-state index contributed by atoms with van der Waals surface area (Å²) in [5, 5.41) is 1.68. The van der Waals surface area contributed by atoms with Crippen LogP contribution in [0.1, 0.15) is 74.8 Å². The molecule has 0 bridgehead atoms. The van der Waals surface area contributed by atoms with E-state index in [0.29, 0.717) is 15.4 Å². The van der Waals surface area contributed by atoms with E-state index in [1.165, 1.54) is 6.92 Å². The molecule has 236 valence electrons. The molecule has 0 spiro atoms. The summed E-state index contributed by atoms with van der Waals surface area (Å²) in [4.78, 5) is 68.8. The van der Waals surface area contributed by atoms with Crippen LogP contribution in [0.4, 0.5) is 14.4 Å². The average Bonchev–Trinajstić information content (AvgIpc) is 2.84. The highest BCUT2D eigenvalue weighted by molar-refractivity contribution is 6.03. The van der Waals surface area contributed by atoms with Gasteiger partial charge in [0.05, 0.1) is 7.11 Å². The third kappa shape index (κ3) is 9.97. The summed E-state index contributed by atoms with van der Waals surface area (Å²) in [7, 11) is 1.13. The normalized spacial score (nSPS) is 13.4. The molecule has 0 aliphatic carbocycles. The molecule has 11 nitrogen and oxygen atoms in total. The minimum absolute atomic E-state index is 0.134. The quantitative estimate of drug-likeness (QED) is 0.279. The van der Waals surface area contributed by atoms with Gasteiger partial charge in [-0.1, -0.05) is 42.5 Å². The van der Waals surface area contributed by atoms with Crippen LogP contribution < -0.4 is 0 Å². The van der Waals surface area contributed by atoms with Crippen molar-refractivity contribution >= 4 is 40.9 Å². The van der Waals surface area contributed by atoms with E-state index < -0.39 is 59.0 Å². The minimum atomic E-state index is -1.66. The summed E-state index contributed by atoms with van der Waals surface area (Å²) in [6, 6.07) is 9.73. The lowest BCUT2D eigenvalue weighted by atomic mass is 9.97. The molecule has 2 aromatic carbocycles. The number of imide groups is 2. The second kappa shape index (κ2) is 13.4. The van der Waals surface area contributed by atoms with Crippen molar-refractivity contribution in [2.45, 2.75) is 105 Å². The second-order valence-electron chi connectivity index (χ2n) is 13.1. The number of esters is 1. The molecular formula is C32H44N2O9. The van der Waals surface area contributed by atoms with Crippen molar-refractivity contribution in [2.75, 3.05) is 7.11 Å². The second-order valence-corrected chi connectivity index (χ2v) is 13.1. The number of amides is 4. The van der Waals surface area contributed by atoms with Gasteiger partial charge in [0.1, 0.15) is 28.9 Å². The van der Waals surface area contributed by atoms with Crippen molar-refractivity contribution in [2.24, 2.45) is 0 Å². The molecule has 0 aliphatic rings. The number of benzene rings is 2. The summed E-state index contributed by atoms with van der Waals surface area (Å²) in [6.07, 6.45) is -3.64. The molecule has 1 unspecified atom stereocenters. The number of hydrogen-bond donors (Lipinski definition) is 0. The first-order chi connectivity index (χ1) is 19.6. The van der Waals surface area contributed by atoms with E-state index in [-0.39, 0.29) is 6.42 Å². The fourth-order valence-electron chi connectivity index (χ4n) is 4.10. The van der Waals surface area contributed by atoms with Crippen molar-refractivity contribution < 1.29 is 42.9 Å². The van der Waals surface area contributed by atoms with E-state index in [4.69, 9.17) is 18.9 Å². The Labute approximate surface area is 253 Å². The maximum Gasteiger partial charge on any atom is 0.420 e. The number of nitrogens with zero attached hydrogens (tertiary/aromatic N) is 2. The van der Waals surface area contributed by atoms with E-state index in [1.54, 1.807) is 74.4 Å². The van der Waals surface area contributed by atoms with Gasteiger partial charge in [-0.3, -0.25) is 4.79 Å². The van der Waals surface area contributed by atoms with Gasteiger partial charge in [0.2, 0.25) is 0 Å². The number of methoxy groups -OCH3 is 1. The standard InChI is InChI=1S/C32H44N2O9/c1-20(33(27(37)41-30(2,3)4)28(38)42-31(5,6)7)25(35)34(29(39)43-32(8,9)10)24(26(36)40-11)19-22-17-14-16-21-15-12-13-18-23(21)22/h12-18,20,24H,19H2,1-11H3/t20-,24?/m0/s1. The molecule has 0 fully saturated rings. The van der Waals surface area contributed by atoms with Gasteiger partial charge >= 0.3 is 24.2 Å². The molecule has 4 amide bonds. The van der Waals surface area contributed by atoms with Crippen molar-refractivity contribution in [1.29, 1.82) is 0 Å². The van der Waals surface area contributed by atoms with Crippen LogP contribution in [0.2, 0.25) is 0 Å². The Morgan fingerprint density at radius 2 is 1.12 bits per heavy atom. The molecule has 0 N–H and O–H groups in total. The number of rotatable bonds is 6. The van der Waals surface area contributed by atoms with Crippen molar-refractivity contribution in [3.8, 4) is 0 Å². The number of ether oxygens (including phenoxy) is 4. The SMILES string of the molecule is COC(=O)C(Cc1cccc2ccccc12)N(C(=O)OC(C)(C)C)C(=O)[C@H](C)N(C(=O)OC(C)(C)C)C(=O)OC(C)(C)C. The minimum Gasteiger partial charge on any atom is -0.467 e. The zero-order chi connectivity index (χ0) is 32.9. The molecule has 0 saturated heterocycles. The smallest absolute Gasteiger partial charge is 0.420 e. The van der Waals surface area contributed by atoms with E-state index in [9.17, 15) is 24.0 Å². The Morgan fingerprint density at radius 3 is 1.58 bits per heavy atom. The van der Waals surface area contributed by atoms with Gasteiger partial charge in [0.25, 0.3) is 5.91 Å². The highest BCUT2D eigenvalue weighted by Crippen LogP contribution is 2.25. The number of carbonyl (C=O) groups excluding carboxylic acids is 5. The summed E-state index contributed by atoms with van der Waals surface area (Å²) in [6.45, 7) is 15.6. The zero-order valence-corrected chi connectivity index (χ0v) is 27.0. The molecule has 0 aliphatic heterocycles. The van der Waals surface area contributed by atoms with Gasteiger partial charge in [-0.05, 0) is 85.6 Å². The van der Waals surface area contributed by atoms with Crippen LogP contribution in [0.15, 0.2) is 42.5 Å². The Kier molecular flexibility index (Phi) is 11.0. The lowest BCUT2D eigenvalue weighted by Crippen LogP contribution is -2.59. The van der Waals surface area contributed by atoms with Crippen LogP contribution in [-0.2, 0) is 35.0 Å². The van der Waals surface area contributed by atoms with Crippen LogP contribution in [0, 0.1) is 0 Å². The van der Waals surface area contributed by atoms with Gasteiger partial charge in [0.15, 0.2) is 0 Å². The Bertz CT molecular complexity index is 1320. The van der Waals surface area contributed by atoms with Gasteiger partial charge < -0.3 is 18.9 Å². The summed E-state index contributed by atoms with van der Waals surface area (Å²) >= 11 is 0. The molecule has 2 rings (SSSR count). The van der Waals surface area contributed by atoms with E-state index >= 15 is 0 Å². The average molecular weight is 601 g/mol. The Hall–Kier alpha value is -4.15. The highest BCUT2D eigenvalue weighted by atomic mass is 16.6. The lowest BCUT2D eigenvalue weighted by Gasteiger charge is -2.36. The molecule has 2 atom stereocenters. The molecule has 0 aromatic heterocycles. The Morgan fingerprint density at radius 1 is 0.674 bits per heavy atom. The van der Waals surface area contributed by atoms with Gasteiger partial charge in [-0.25, -0.2) is 24.1 Å². The first-order valence-electron chi connectivity index (χ1n) is 14.0. The molecular weight excluding hydrogens is 556 g/mol. The summed E-state index contributed by atoms with van der Waals surface area (Å²) in [5.74, 6) is -1.98. The van der Waals surface area contributed by atoms with Crippen LogP contribution in [0.25, 0.3) is 10.8 Å². The van der Waals surface area contributed by atoms with Crippen LogP contribution in [-0.4, -0.2) is 76.0 Å². The first kappa shape index (κ1) is 35.0. The molecule has 0 saturated carbocycles. The molecule has 43 heavy (non-hydrogen) atoms. The van der Waals surface area contributed by atoms with Crippen LogP contribution >= 0.6 is 0 Å². The Balaban J connectivity index is 2.69. The van der Waals surface area contributed by atoms with Crippen molar-refractivity contribution in [3.63, 3.8) is 0 Å². The molecule has 2 aromatic rings. The van der Waals surface area contributed by atoms with E-state index in [0.717, 1.165) is 17.9 Å². The highest BCUT2D eigenvalue weighted by Gasteiger charge is 2.45. The van der Waals surface area contributed by atoms with Crippen LogP contribution in [0.5, 0.6) is 0 Å². The number of hydrogen-bond acceptors (Lipinski definition) is 9. The largest absolute Gasteiger partial charge is 0.467 e. The predicted octanol–water partition coefficient (Wildman–Crippen LogP) is 6.25. The fourth-order valence-corrected chi connectivity index (χ4v) is 4.10. The monoisotopic (exact) mass is 600 g/mol. The third-order valence-electron chi connectivity index (χ3n) is 5.83. The maximum absolute atomic E-state index is 14.2. The van der Waals surface area contributed by atoms with Crippen LogP contribution in [0.3, 0.4) is 0 Å². The summed E-state index contributed by atoms with van der Waals surface area (Å²) < 4.78 is 21.4. The molecule has 0 heterocycles. The van der Waals surface area contributed by atoms with Gasteiger partial charge in [-0.2, -0.15) is 4.90 Å². The van der Waals surface area contributed by atoms with E-state index in [1.807, 2.05) is 30.3 Å². The van der Waals surface area contributed by atoms with Crippen molar-refractivity contribution in [3.05, 3.63) is 48.0 Å². The topological polar surface area (TPSA) is 129 Å². The van der Waals surface area contributed by atoms with Gasteiger partial charge in [0, 0.05) is 6.42 Å². The number of carbonyl (C=O) groups is 5. The first-order valence-corrected chi connectivity index (χ1v) is 14.0. The predicted molar refractivity (Wildman–Crippen MR) is 160 cm³/mol. The molecule has 0 radical (unpaired) electrons. The fraction of sp³-hybridized carbons (Fsp3) is 0.531. The van der Waals surface area contributed by atoms with E-state index in [2.05, 4.69) is 0 Å².